The van der Waals surface area contributed by atoms with Gasteiger partial charge in [-0.3, -0.25) is 0 Å². The van der Waals surface area contributed by atoms with Gasteiger partial charge in [0.1, 0.15) is 0 Å². The molecule has 0 aliphatic heterocycles. The molecule has 10 rings (SSSR count). The van der Waals surface area contributed by atoms with Crippen LogP contribution in [0.25, 0.3) is 78.3 Å². The smallest absolute Gasteiger partial charge is 0.164 e. The van der Waals surface area contributed by atoms with E-state index in [9.17, 15) is 5.26 Å². The normalized spacial score (nSPS) is 18.7. The maximum atomic E-state index is 9.43. The van der Waals surface area contributed by atoms with Crippen LogP contribution in [0.2, 0.25) is 0 Å². The monoisotopic (exact) mass is 760 g/mol. The zero-order valence-corrected chi connectivity index (χ0v) is 33.3. The van der Waals surface area contributed by atoms with Crippen LogP contribution in [0.1, 0.15) is 50.2 Å². The number of benzene rings is 7. The van der Waals surface area contributed by atoms with E-state index in [1.54, 1.807) is 0 Å². The van der Waals surface area contributed by atoms with Crippen LogP contribution < -0.4 is 0 Å². The number of hydrogen-bond donors (Lipinski definition) is 0. The van der Waals surface area contributed by atoms with Gasteiger partial charge in [-0.1, -0.05) is 146 Å². The van der Waals surface area contributed by atoms with E-state index in [-0.39, 0.29) is 5.41 Å². The molecule has 0 radical (unpaired) electrons. The van der Waals surface area contributed by atoms with Crippen LogP contribution in [0.3, 0.4) is 0 Å². The molecule has 2 fully saturated rings. The quantitative estimate of drug-likeness (QED) is 0.152. The molecule has 0 saturated heterocycles. The summed E-state index contributed by atoms with van der Waals surface area (Å²) in [6.07, 6.45) is 5.99. The number of nitriles is 1. The van der Waals surface area contributed by atoms with Crippen LogP contribution in [0.5, 0.6) is 0 Å². The molecule has 3 atom stereocenters. The molecule has 0 amide bonds. The molecule has 2 aliphatic carbocycles. The van der Waals surface area contributed by atoms with Crippen molar-refractivity contribution in [2.45, 2.75) is 44.4 Å². The average molecular weight is 761 g/mol. The molecule has 4 nitrogen and oxygen atoms in total. The van der Waals surface area contributed by atoms with Gasteiger partial charge in [0, 0.05) is 16.7 Å². The Morgan fingerprint density at radius 3 is 1.85 bits per heavy atom. The summed E-state index contributed by atoms with van der Waals surface area (Å²) in [5, 5.41) is 11.7. The number of hydrogen-bond acceptors (Lipinski definition) is 4. The molecule has 1 unspecified atom stereocenters. The van der Waals surface area contributed by atoms with Gasteiger partial charge in [0.25, 0.3) is 0 Å². The second-order valence-electron chi connectivity index (χ2n) is 16.9. The molecule has 8 aromatic rings. The largest absolute Gasteiger partial charge is 0.208 e. The number of nitrogens with zero attached hydrogens (tertiary/aromatic N) is 4. The fourth-order valence-electron chi connectivity index (χ4n) is 10.1. The van der Waals surface area contributed by atoms with Crippen molar-refractivity contribution in [1.29, 1.82) is 5.26 Å². The Balaban J connectivity index is 1.12. The molecule has 59 heavy (non-hydrogen) atoms. The van der Waals surface area contributed by atoms with Crippen molar-refractivity contribution in [2.75, 3.05) is 0 Å². The third kappa shape index (κ3) is 7.15. The van der Waals surface area contributed by atoms with Gasteiger partial charge in [-0.15, -0.1) is 0 Å². The van der Waals surface area contributed by atoms with E-state index in [2.05, 4.69) is 147 Å². The Kier molecular flexibility index (Phi) is 9.30. The first kappa shape index (κ1) is 36.4. The van der Waals surface area contributed by atoms with Gasteiger partial charge in [0.15, 0.2) is 17.5 Å². The van der Waals surface area contributed by atoms with Crippen molar-refractivity contribution < 1.29 is 0 Å². The number of aromatic nitrogens is 3. The lowest BCUT2D eigenvalue weighted by Gasteiger charge is -2.49. The summed E-state index contributed by atoms with van der Waals surface area (Å²) in [4.78, 5) is 15.8. The minimum Gasteiger partial charge on any atom is -0.208 e. The van der Waals surface area contributed by atoms with Gasteiger partial charge in [0.2, 0.25) is 0 Å². The lowest BCUT2D eigenvalue weighted by atomic mass is 9.56. The molecular formula is C55H44N4. The van der Waals surface area contributed by atoms with Crippen LogP contribution >= 0.6 is 0 Å². The molecule has 2 bridgehead atoms. The van der Waals surface area contributed by atoms with E-state index < -0.39 is 0 Å². The van der Waals surface area contributed by atoms with Gasteiger partial charge in [-0.05, 0) is 135 Å². The summed E-state index contributed by atoms with van der Waals surface area (Å²) in [5.74, 6) is 3.32. The molecule has 2 aliphatic rings. The fourth-order valence-corrected chi connectivity index (χ4v) is 10.1. The first-order valence-electron chi connectivity index (χ1n) is 20.7. The molecule has 1 heterocycles. The predicted octanol–water partition coefficient (Wildman–Crippen LogP) is 13.9. The topological polar surface area (TPSA) is 62.5 Å². The van der Waals surface area contributed by atoms with Gasteiger partial charge in [-0.2, -0.15) is 5.26 Å². The van der Waals surface area contributed by atoms with Gasteiger partial charge >= 0.3 is 0 Å². The van der Waals surface area contributed by atoms with Gasteiger partial charge in [0.05, 0.1) is 11.6 Å². The number of fused-ring (bicyclic) bond motifs is 3. The maximum Gasteiger partial charge on any atom is 0.164 e. The summed E-state index contributed by atoms with van der Waals surface area (Å²) in [5.41, 5.74) is 12.9. The average Bonchev–Trinajstić information content (AvgIpc) is 3.28. The van der Waals surface area contributed by atoms with Crippen LogP contribution in [0, 0.1) is 23.2 Å². The van der Waals surface area contributed by atoms with E-state index >= 15 is 0 Å². The van der Waals surface area contributed by atoms with E-state index in [1.165, 1.54) is 47.9 Å². The summed E-state index contributed by atoms with van der Waals surface area (Å²) in [7, 11) is 0. The lowest BCUT2D eigenvalue weighted by molar-refractivity contribution is 0.139. The summed E-state index contributed by atoms with van der Waals surface area (Å²) in [6.45, 7) is 6.92. The van der Waals surface area contributed by atoms with Gasteiger partial charge in [-0.25, -0.2) is 15.0 Å². The molecule has 1 aromatic heterocycles. The first-order chi connectivity index (χ1) is 28.9. The Morgan fingerprint density at radius 1 is 0.542 bits per heavy atom. The van der Waals surface area contributed by atoms with Crippen LogP contribution in [0.15, 0.2) is 176 Å². The second-order valence-corrected chi connectivity index (χ2v) is 16.9. The van der Waals surface area contributed by atoms with Crippen molar-refractivity contribution in [1.82, 2.24) is 15.0 Å². The lowest BCUT2D eigenvalue weighted by Crippen LogP contribution is -2.40. The maximum absolute atomic E-state index is 9.43. The van der Waals surface area contributed by atoms with Crippen molar-refractivity contribution in [2.24, 2.45) is 11.8 Å². The van der Waals surface area contributed by atoms with Crippen molar-refractivity contribution in [3.05, 3.63) is 187 Å². The Morgan fingerprint density at radius 2 is 1.12 bits per heavy atom. The third-order valence-electron chi connectivity index (χ3n) is 12.6. The summed E-state index contributed by atoms with van der Waals surface area (Å²) >= 11 is 0. The highest BCUT2D eigenvalue weighted by Gasteiger charge is 2.44. The summed E-state index contributed by atoms with van der Waals surface area (Å²) < 4.78 is 0. The highest BCUT2D eigenvalue weighted by atomic mass is 15.0. The number of rotatable bonds is 7. The Labute approximate surface area is 346 Å². The third-order valence-corrected chi connectivity index (χ3v) is 12.6. The summed E-state index contributed by atoms with van der Waals surface area (Å²) in [6, 6.07) is 59.6. The fraction of sp³-hybridized carbons (Fsp3) is 0.164. The van der Waals surface area contributed by atoms with E-state index in [4.69, 9.17) is 15.0 Å². The highest BCUT2D eigenvalue weighted by molar-refractivity contribution is 5.91. The van der Waals surface area contributed by atoms with E-state index in [0.29, 0.717) is 29.0 Å². The van der Waals surface area contributed by atoms with E-state index in [1.807, 2.05) is 36.4 Å². The minimum absolute atomic E-state index is 0.149. The SMILES string of the molecule is C=C1C[C@@H]2C[C@H](C)CC(c3ccc(-c4nc(-c5ccc6ccc(-c7ccccc7)cc6c5)nc(-c5ccc(-c6ccc(C#N)cc6)cc5-c5ccccc5)n4)cc3)(C1)C2. The Hall–Kier alpha value is -6.96. The highest BCUT2D eigenvalue weighted by Crippen LogP contribution is 2.53. The van der Waals surface area contributed by atoms with Gasteiger partial charge < -0.3 is 0 Å². The number of allylic oxidation sites excluding steroid dienone is 1. The molecule has 4 heteroatoms. The molecular weight excluding hydrogens is 717 g/mol. The predicted molar refractivity (Wildman–Crippen MR) is 241 cm³/mol. The zero-order valence-electron chi connectivity index (χ0n) is 33.3. The molecule has 7 aromatic carbocycles. The van der Waals surface area contributed by atoms with Crippen LogP contribution in [-0.4, -0.2) is 15.0 Å². The molecule has 0 N–H and O–H groups in total. The van der Waals surface area contributed by atoms with Crippen molar-refractivity contribution >= 4 is 10.8 Å². The van der Waals surface area contributed by atoms with Crippen molar-refractivity contribution in [3.8, 4) is 73.6 Å². The van der Waals surface area contributed by atoms with Crippen LogP contribution in [-0.2, 0) is 5.41 Å². The zero-order chi connectivity index (χ0) is 39.9. The van der Waals surface area contributed by atoms with E-state index in [0.717, 1.165) is 62.1 Å². The molecule has 0 spiro atoms. The van der Waals surface area contributed by atoms with Crippen molar-refractivity contribution in [3.63, 3.8) is 0 Å². The second kappa shape index (κ2) is 15.1. The first-order valence-corrected chi connectivity index (χ1v) is 20.7. The minimum atomic E-state index is 0.149. The molecule has 284 valence electrons. The standard InChI is InChI=1S/C55H44N4/c1-36-27-39-28-37(2)33-55(32-36,34-39)49-24-21-44(22-25-49)52-57-53(47-20-18-42-17-19-45(29-48(42)30-47)40-9-5-3-6-10-40)59-54(58-52)50-26-23-46(41-15-13-38(35-56)14-16-41)31-51(50)43-11-7-4-8-12-43/h3-26,29-31,37,39H,1,27-28,32-34H2,2H3/t37-,39+,55?/m0/s1. The molecule has 2 saturated carbocycles. The Bertz CT molecular complexity index is 2890. The van der Waals surface area contributed by atoms with Crippen LogP contribution in [0.4, 0.5) is 0 Å².